The van der Waals surface area contributed by atoms with E-state index in [2.05, 4.69) is 5.32 Å². The molecule has 32 heavy (non-hydrogen) atoms. The van der Waals surface area contributed by atoms with Crippen molar-refractivity contribution in [1.29, 1.82) is 0 Å². The monoisotopic (exact) mass is 483 g/mol. The number of carbonyl (C=O) groups is 1. The van der Waals surface area contributed by atoms with Crippen molar-refractivity contribution < 1.29 is 44.7 Å². The van der Waals surface area contributed by atoms with Crippen LogP contribution >= 0.6 is 0 Å². The maximum absolute atomic E-state index is 13.1. The molecule has 0 radical (unpaired) electrons. The van der Waals surface area contributed by atoms with E-state index in [4.69, 9.17) is 0 Å². The Morgan fingerprint density at radius 1 is 0.969 bits per heavy atom. The third-order valence-corrected chi connectivity index (χ3v) is 6.50. The Morgan fingerprint density at radius 3 is 1.94 bits per heavy atom. The van der Waals surface area contributed by atoms with Crippen LogP contribution in [0.15, 0.2) is 47.4 Å². The van der Waals surface area contributed by atoms with Gasteiger partial charge in [0.25, 0.3) is 5.60 Å². The van der Waals surface area contributed by atoms with Crippen molar-refractivity contribution in [2.24, 2.45) is 0 Å². The highest BCUT2D eigenvalue weighted by Crippen LogP contribution is 2.51. The van der Waals surface area contributed by atoms with Crippen molar-refractivity contribution in [3.8, 4) is 0 Å². The van der Waals surface area contributed by atoms with E-state index in [1.807, 2.05) is 0 Å². The van der Waals surface area contributed by atoms with E-state index in [-0.39, 0.29) is 22.8 Å². The fourth-order valence-corrected chi connectivity index (χ4v) is 3.87. The van der Waals surface area contributed by atoms with Gasteiger partial charge in [0.1, 0.15) is 0 Å². The number of alkyl halides is 6. The van der Waals surface area contributed by atoms with Crippen LogP contribution in [-0.4, -0.2) is 37.5 Å². The largest absolute Gasteiger partial charge is 0.430 e. The first kappa shape index (κ1) is 25.7. The minimum absolute atomic E-state index is 0.0758. The van der Waals surface area contributed by atoms with Crippen LogP contribution in [0.2, 0.25) is 0 Å². The van der Waals surface area contributed by atoms with Gasteiger partial charge in [-0.2, -0.15) is 26.3 Å². The molecular formula is C20H19F6NO4S. The van der Waals surface area contributed by atoms with Crippen molar-refractivity contribution in [2.75, 3.05) is 11.1 Å². The summed E-state index contributed by atoms with van der Waals surface area (Å²) in [6, 6.07) is 7.65. The molecule has 2 rings (SSSR count). The van der Waals surface area contributed by atoms with Gasteiger partial charge in [0.05, 0.1) is 17.1 Å². The number of sulfone groups is 1. The summed E-state index contributed by atoms with van der Waals surface area (Å²) in [6.45, 7) is 2.43. The molecule has 0 aliphatic carbocycles. The third kappa shape index (κ3) is 5.07. The summed E-state index contributed by atoms with van der Waals surface area (Å²) in [4.78, 5) is 12.3. The molecule has 1 amide bonds. The summed E-state index contributed by atoms with van der Waals surface area (Å²) in [5.74, 6) is -0.731. The first-order valence-electron chi connectivity index (χ1n) is 9.11. The highest BCUT2D eigenvalue weighted by Gasteiger charge is 2.71. The quantitative estimate of drug-likeness (QED) is 0.601. The van der Waals surface area contributed by atoms with E-state index in [1.165, 1.54) is 31.2 Å². The van der Waals surface area contributed by atoms with Crippen LogP contribution in [0.5, 0.6) is 0 Å². The fraction of sp³-hybridized carbons (Fsp3) is 0.350. The standard InChI is InChI=1S/C20H19F6NO4S/c1-3-32(30,31)15-7-4-13(5-8-15)11-17(28)27-14-6-9-16(12(2)10-14)18(29,19(21,22)23)20(24,25)26/h4-10,29H,3,11H2,1-2H3,(H,27,28). The maximum atomic E-state index is 13.1. The van der Waals surface area contributed by atoms with Gasteiger partial charge >= 0.3 is 12.4 Å². The summed E-state index contributed by atoms with van der Waals surface area (Å²) >= 11 is 0. The lowest BCUT2D eigenvalue weighted by Crippen LogP contribution is -2.54. The molecule has 2 aromatic carbocycles. The van der Waals surface area contributed by atoms with Gasteiger partial charge in [-0.1, -0.05) is 25.1 Å². The van der Waals surface area contributed by atoms with Gasteiger partial charge in [0.15, 0.2) is 9.84 Å². The molecule has 0 spiro atoms. The topological polar surface area (TPSA) is 83.5 Å². The SMILES string of the molecule is CCS(=O)(=O)c1ccc(CC(=O)Nc2ccc(C(O)(C(F)(F)F)C(F)(F)F)c(C)c2)cc1. The highest BCUT2D eigenvalue weighted by atomic mass is 32.2. The van der Waals surface area contributed by atoms with E-state index in [0.717, 1.165) is 19.1 Å². The average Bonchev–Trinajstić information content (AvgIpc) is 2.66. The molecule has 0 aliphatic heterocycles. The second-order valence-corrected chi connectivity index (χ2v) is 9.29. The maximum Gasteiger partial charge on any atom is 0.430 e. The summed E-state index contributed by atoms with van der Waals surface area (Å²) < 4.78 is 102. The van der Waals surface area contributed by atoms with Crippen LogP contribution in [-0.2, 0) is 26.7 Å². The Balaban J connectivity index is 2.21. The normalized spacial score (nSPS) is 13.2. The first-order chi connectivity index (χ1) is 14.5. The van der Waals surface area contributed by atoms with Gasteiger partial charge in [0.2, 0.25) is 5.91 Å². The number of aliphatic hydroxyl groups is 1. The number of rotatable bonds is 6. The van der Waals surface area contributed by atoms with Gasteiger partial charge in [-0.15, -0.1) is 0 Å². The fourth-order valence-electron chi connectivity index (χ4n) is 2.99. The molecule has 0 atom stereocenters. The van der Waals surface area contributed by atoms with Gasteiger partial charge in [-0.3, -0.25) is 4.79 Å². The number of benzene rings is 2. The van der Waals surface area contributed by atoms with Crippen molar-refractivity contribution >= 4 is 21.4 Å². The molecule has 12 heteroatoms. The van der Waals surface area contributed by atoms with Gasteiger partial charge in [-0.05, 0) is 42.3 Å². The summed E-state index contributed by atoms with van der Waals surface area (Å²) in [5, 5.41) is 11.9. The van der Waals surface area contributed by atoms with E-state index >= 15 is 0 Å². The van der Waals surface area contributed by atoms with Crippen LogP contribution in [0.1, 0.15) is 23.6 Å². The predicted molar refractivity (Wildman–Crippen MR) is 104 cm³/mol. The van der Waals surface area contributed by atoms with E-state index in [1.54, 1.807) is 0 Å². The molecule has 0 saturated heterocycles. The number of hydrogen-bond acceptors (Lipinski definition) is 4. The van der Waals surface area contributed by atoms with Gasteiger partial charge < -0.3 is 10.4 Å². The second-order valence-electron chi connectivity index (χ2n) is 7.01. The number of nitrogens with one attached hydrogen (secondary N) is 1. The smallest absolute Gasteiger partial charge is 0.369 e. The summed E-state index contributed by atoms with van der Waals surface area (Å²) in [6.07, 6.45) is -12.3. The zero-order chi connectivity index (χ0) is 24.5. The molecule has 0 saturated carbocycles. The minimum Gasteiger partial charge on any atom is -0.369 e. The molecule has 0 aromatic heterocycles. The number of anilines is 1. The number of amides is 1. The zero-order valence-electron chi connectivity index (χ0n) is 16.8. The van der Waals surface area contributed by atoms with Crippen molar-refractivity contribution in [2.45, 2.75) is 43.1 Å². The molecule has 2 aromatic rings. The molecule has 0 unspecified atom stereocenters. The number of halogens is 6. The number of hydrogen-bond donors (Lipinski definition) is 2. The Kier molecular flexibility index (Phi) is 7.01. The van der Waals surface area contributed by atoms with E-state index in [9.17, 15) is 44.7 Å². The molecular weight excluding hydrogens is 464 g/mol. The molecule has 2 N–H and O–H groups in total. The molecule has 0 bridgehead atoms. The molecule has 0 fully saturated rings. The molecule has 176 valence electrons. The molecule has 5 nitrogen and oxygen atoms in total. The zero-order valence-corrected chi connectivity index (χ0v) is 17.6. The number of carbonyl (C=O) groups excluding carboxylic acids is 1. The highest BCUT2D eigenvalue weighted by molar-refractivity contribution is 7.91. The lowest BCUT2D eigenvalue weighted by Gasteiger charge is -2.33. The molecule has 0 aliphatic rings. The summed E-state index contributed by atoms with van der Waals surface area (Å²) in [7, 11) is -3.42. The Morgan fingerprint density at radius 2 is 1.50 bits per heavy atom. The Hall–Kier alpha value is -2.60. The lowest BCUT2D eigenvalue weighted by molar-refractivity contribution is -0.376. The van der Waals surface area contributed by atoms with Crippen molar-refractivity contribution in [1.82, 2.24) is 0 Å². The van der Waals surface area contributed by atoms with Crippen molar-refractivity contribution in [3.05, 3.63) is 59.2 Å². The van der Waals surface area contributed by atoms with Gasteiger partial charge in [-0.25, -0.2) is 8.42 Å². The van der Waals surface area contributed by atoms with Crippen LogP contribution < -0.4 is 5.32 Å². The van der Waals surface area contributed by atoms with Gasteiger partial charge in [0, 0.05) is 11.3 Å². The Labute approximate surface area is 180 Å². The minimum atomic E-state index is -6.02. The van der Waals surface area contributed by atoms with E-state index < -0.39 is 44.8 Å². The lowest BCUT2D eigenvalue weighted by atomic mass is 9.88. The Bertz CT molecular complexity index is 1080. The van der Waals surface area contributed by atoms with Crippen LogP contribution in [0.3, 0.4) is 0 Å². The third-order valence-electron chi connectivity index (χ3n) is 4.75. The molecule has 0 heterocycles. The second kappa shape index (κ2) is 8.74. The average molecular weight is 483 g/mol. The first-order valence-corrected chi connectivity index (χ1v) is 10.8. The van der Waals surface area contributed by atoms with Crippen LogP contribution in [0.25, 0.3) is 0 Å². The van der Waals surface area contributed by atoms with Crippen molar-refractivity contribution in [3.63, 3.8) is 0 Å². The predicted octanol–water partition coefficient (Wildman–Crippen LogP) is 4.28. The summed E-state index contributed by atoms with van der Waals surface area (Å²) in [5.41, 5.74) is -6.63. The van der Waals surface area contributed by atoms with E-state index in [0.29, 0.717) is 11.6 Å². The number of aryl methyl sites for hydroxylation is 1. The van der Waals surface area contributed by atoms with Crippen LogP contribution in [0, 0.1) is 6.92 Å². The van der Waals surface area contributed by atoms with Crippen LogP contribution in [0.4, 0.5) is 32.0 Å².